The van der Waals surface area contributed by atoms with Crippen LogP contribution in [0.15, 0.2) is 49.1 Å². The molecule has 4 atom stereocenters. The fourth-order valence-corrected chi connectivity index (χ4v) is 5.16. The van der Waals surface area contributed by atoms with Gasteiger partial charge in [0.1, 0.15) is 24.6 Å². The first-order chi connectivity index (χ1) is 16.1. The number of rotatable bonds is 5. The molecular formula is C25H29N5O3. The van der Waals surface area contributed by atoms with Crippen LogP contribution in [0, 0.1) is 0 Å². The second-order valence-corrected chi connectivity index (χ2v) is 9.50. The molecule has 33 heavy (non-hydrogen) atoms. The van der Waals surface area contributed by atoms with Gasteiger partial charge in [-0.2, -0.15) is 0 Å². The number of anilines is 1. The maximum Gasteiger partial charge on any atom is 0.167 e. The van der Waals surface area contributed by atoms with Gasteiger partial charge in [-0.3, -0.25) is 4.57 Å². The maximum absolute atomic E-state index is 6.47. The van der Waals surface area contributed by atoms with Crippen LogP contribution in [0.25, 0.3) is 17.2 Å². The predicted molar refractivity (Wildman–Crippen MR) is 124 cm³/mol. The Labute approximate surface area is 193 Å². The van der Waals surface area contributed by atoms with Crippen LogP contribution in [-0.4, -0.2) is 49.7 Å². The fraction of sp³-hybridized carbons (Fsp3) is 0.480. The molecule has 4 heterocycles. The summed E-state index contributed by atoms with van der Waals surface area (Å²) in [4.78, 5) is 13.7. The van der Waals surface area contributed by atoms with Gasteiger partial charge in [-0.15, -0.1) is 0 Å². The Balaban J connectivity index is 1.31. The zero-order chi connectivity index (χ0) is 22.4. The topological polar surface area (TPSA) is 83.3 Å². The van der Waals surface area contributed by atoms with Crippen LogP contribution in [-0.2, 0) is 14.2 Å². The molecule has 3 aliphatic rings. The first-order valence-corrected chi connectivity index (χ1v) is 11.8. The third kappa shape index (κ3) is 3.92. The summed E-state index contributed by atoms with van der Waals surface area (Å²) in [5, 5.41) is 3.56. The van der Waals surface area contributed by atoms with E-state index < -0.39 is 12.0 Å². The van der Waals surface area contributed by atoms with Crippen molar-refractivity contribution in [2.75, 3.05) is 5.32 Å². The van der Waals surface area contributed by atoms with Gasteiger partial charge in [0.15, 0.2) is 29.0 Å². The first-order valence-electron chi connectivity index (χ1n) is 11.8. The molecule has 0 radical (unpaired) electrons. The van der Waals surface area contributed by atoms with E-state index >= 15 is 0 Å². The van der Waals surface area contributed by atoms with E-state index in [-0.39, 0.29) is 18.3 Å². The highest BCUT2D eigenvalue weighted by molar-refractivity contribution is 5.82. The second-order valence-electron chi connectivity index (χ2n) is 9.50. The van der Waals surface area contributed by atoms with Crippen LogP contribution < -0.4 is 5.32 Å². The van der Waals surface area contributed by atoms with Crippen molar-refractivity contribution in [1.29, 1.82) is 0 Å². The number of imidazole rings is 1. The summed E-state index contributed by atoms with van der Waals surface area (Å²) in [5.74, 6) is 0.0983. The van der Waals surface area contributed by atoms with Gasteiger partial charge in [0.05, 0.1) is 6.33 Å². The normalized spacial score (nSPS) is 29.3. The summed E-state index contributed by atoms with van der Waals surface area (Å²) in [6, 6.07) is 10.6. The smallest absolute Gasteiger partial charge is 0.167 e. The minimum Gasteiger partial charge on any atom is -0.365 e. The summed E-state index contributed by atoms with van der Waals surface area (Å²) in [6.45, 7) is 3.89. The van der Waals surface area contributed by atoms with E-state index in [2.05, 4.69) is 44.6 Å². The fourth-order valence-electron chi connectivity index (χ4n) is 5.16. The summed E-state index contributed by atoms with van der Waals surface area (Å²) in [7, 11) is 0. The van der Waals surface area contributed by atoms with Crippen LogP contribution >= 0.6 is 0 Å². The standard InChI is InChI=1S/C25H29N5O3/c1-25(2)32-20-18(13-12-16-8-4-3-5-9-16)31-24(21(20)33-25)30-15-28-19-22(26-14-27-23(19)30)29-17-10-6-7-11-17/h3-5,8-9,12-15,17-18,20-21,24H,6-7,10-11H2,1-2H3,(H,26,27,29)/t18-,20-,21-,24-/m1/s1. The van der Waals surface area contributed by atoms with Gasteiger partial charge in [0.2, 0.25) is 0 Å². The predicted octanol–water partition coefficient (Wildman–Crippen LogP) is 4.31. The van der Waals surface area contributed by atoms with E-state index in [4.69, 9.17) is 14.2 Å². The number of nitrogens with zero attached hydrogens (tertiary/aromatic N) is 4. The quantitative estimate of drug-likeness (QED) is 0.624. The molecule has 1 aromatic carbocycles. The Morgan fingerprint density at radius 2 is 1.82 bits per heavy atom. The largest absolute Gasteiger partial charge is 0.365 e. The molecule has 172 valence electrons. The summed E-state index contributed by atoms with van der Waals surface area (Å²) in [5.41, 5.74) is 2.60. The van der Waals surface area contributed by atoms with Gasteiger partial charge in [0.25, 0.3) is 0 Å². The number of aromatic nitrogens is 4. The monoisotopic (exact) mass is 447 g/mol. The second kappa shape index (κ2) is 8.20. The van der Waals surface area contributed by atoms with Crippen LogP contribution in [0.2, 0.25) is 0 Å². The van der Waals surface area contributed by atoms with E-state index in [1.54, 1.807) is 12.7 Å². The Bertz CT molecular complexity index is 1160. The van der Waals surface area contributed by atoms with Gasteiger partial charge in [-0.1, -0.05) is 55.3 Å². The molecule has 2 saturated heterocycles. The summed E-state index contributed by atoms with van der Waals surface area (Å²) < 4.78 is 21.0. The SMILES string of the molecule is CC1(C)O[C@@H]2[C@H](O1)[C@@H](C=Cc1ccccc1)O[C@H]2n1cnc2c(NC3CCCC3)ncnc21. The van der Waals surface area contributed by atoms with E-state index in [0.29, 0.717) is 6.04 Å². The van der Waals surface area contributed by atoms with Crippen molar-refractivity contribution in [2.24, 2.45) is 0 Å². The molecule has 2 aliphatic heterocycles. The van der Waals surface area contributed by atoms with Gasteiger partial charge < -0.3 is 19.5 Å². The molecular weight excluding hydrogens is 418 g/mol. The number of hydrogen-bond acceptors (Lipinski definition) is 7. The van der Waals surface area contributed by atoms with Crippen molar-refractivity contribution in [3.63, 3.8) is 0 Å². The number of nitrogens with one attached hydrogen (secondary N) is 1. The third-order valence-corrected chi connectivity index (χ3v) is 6.67. The van der Waals surface area contributed by atoms with E-state index in [1.807, 2.05) is 36.6 Å². The summed E-state index contributed by atoms with van der Waals surface area (Å²) >= 11 is 0. The molecule has 8 nitrogen and oxygen atoms in total. The lowest BCUT2D eigenvalue weighted by atomic mass is 10.1. The van der Waals surface area contributed by atoms with Crippen molar-refractivity contribution in [1.82, 2.24) is 19.5 Å². The Morgan fingerprint density at radius 3 is 2.64 bits per heavy atom. The van der Waals surface area contributed by atoms with Crippen LogP contribution in [0.5, 0.6) is 0 Å². The average molecular weight is 448 g/mol. The lowest BCUT2D eigenvalue weighted by Gasteiger charge is -2.24. The van der Waals surface area contributed by atoms with Gasteiger partial charge in [-0.25, -0.2) is 15.0 Å². The molecule has 2 aromatic heterocycles. The third-order valence-electron chi connectivity index (χ3n) is 6.67. The lowest BCUT2D eigenvalue weighted by molar-refractivity contribution is -0.191. The van der Waals surface area contributed by atoms with Gasteiger partial charge in [0, 0.05) is 6.04 Å². The van der Waals surface area contributed by atoms with E-state index in [1.165, 1.54) is 12.8 Å². The van der Waals surface area contributed by atoms with Crippen LogP contribution in [0.3, 0.4) is 0 Å². The lowest BCUT2D eigenvalue weighted by Crippen LogP contribution is -2.28. The molecule has 3 aromatic rings. The maximum atomic E-state index is 6.47. The van der Waals surface area contributed by atoms with Crippen molar-refractivity contribution in [3.05, 3.63) is 54.6 Å². The van der Waals surface area contributed by atoms with Crippen molar-refractivity contribution in [3.8, 4) is 0 Å². The molecule has 1 aliphatic carbocycles. The zero-order valence-corrected chi connectivity index (χ0v) is 18.9. The van der Waals surface area contributed by atoms with Crippen LogP contribution in [0.4, 0.5) is 5.82 Å². The van der Waals surface area contributed by atoms with Gasteiger partial charge >= 0.3 is 0 Å². The molecule has 0 amide bonds. The highest BCUT2D eigenvalue weighted by Crippen LogP contribution is 2.44. The van der Waals surface area contributed by atoms with Crippen LogP contribution in [0.1, 0.15) is 51.3 Å². The number of hydrogen-bond donors (Lipinski definition) is 1. The van der Waals surface area contributed by atoms with Crippen molar-refractivity contribution in [2.45, 2.75) is 75.9 Å². The molecule has 3 fully saturated rings. The highest BCUT2D eigenvalue weighted by atomic mass is 16.8. The Morgan fingerprint density at radius 1 is 1.03 bits per heavy atom. The van der Waals surface area contributed by atoms with E-state index in [9.17, 15) is 0 Å². The minimum atomic E-state index is -0.684. The molecule has 0 unspecified atom stereocenters. The van der Waals surface area contributed by atoms with Crippen molar-refractivity contribution >= 4 is 23.1 Å². The molecule has 0 spiro atoms. The zero-order valence-electron chi connectivity index (χ0n) is 18.9. The number of benzene rings is 1. The van der Waals surface area contributed by atoms with Gasteiger partial charge in [-0.05, 0) is 32.3 Å². The highest BCUT2D eigenvalue weighted by Gasteiger charge is 2.55. The number of ether oxygens (including phenoxy) is 3. The molecule has 8 heteroatoms. The Hall–Kier alpha value is -2.81. The average Bonchev–Trinajstić information content (AvgIpc) is 3.58. The molecule has 0 bridgehead atoms. The molecule has 1 N–H and O–H groups in total. The molecule has 1 saturated carbocycles. The van der Waals surface area contributed by atoms with Crippen molar-refractivity contribution < 1.29 is 14.2 Å². The number of fused-ring (bicyclic) bond motifs is 2. The Kier molecular flexibility index (Phi) is 5.16. The molecule has 6 rings (SSSR count). The first kappa shape index (κ1) is 20.8. The minimum absolute atomic E-state index is 0.222. The summed E-state index contributed by atoms with van der Waals surface area (Å²) in [6.07, 6.45) is 11.2. The van der Waals surface area contributed by atoms with E-state index in [0.717, 1.165) is 35.4 Å².